The van der Waals surface area contributed by atoms with Gasteiger partial charge in [-0.25, -0.2) is 12.6 Å². The van der Waals surface area contributed by atoms with Crippen molar-refractivity contribution in [3.8, 4) is 0 Å². The summed E-state index contributed by atoms with van der Waals surface area (Å²) in [5.74, 6) is -0.945. The molecule has 0 saturated heterocycles. The largest absolute Gasteiger partial charge is 0.399 e. The Labute approximate surface area is 121 Å². The molecule has 0 amide bonds. The zero-order valence-corrected chi connectivity index (χ0v) is 12.7. The standard InChI is InChI=1S/C8H11NO9S3/c9-6-1-2-7(8(5-6)20(12,13)14)19(10,11)4-3-18-21(15,16)17/h1-2,5H,3-4,9H2,(H,12,13,14)(H,15,16,17). The molecule has 0 bridgehead atoms. The molecule has 4 N–H and O–H groups in total. The van der Waals surface area contributed by atoms with Crippen molar-refractivity contribution in [3.05, 3.63) is 18.2 Å². The first kappa shape index (κ1) is 17.8. The van der Waals surface area contributed by atoms with Crippen molar-refractivity contribution in [1.82, 2.24) is 0 Å². The molecule has 0 aliphatic carbocycles. The van der Waals surface area contributed by atoms with Crippen molar-refractivity contribution >= 4 is 36.0 Å². The number of rotatable bonds is 6. The Balaban J connectivity index is 3.21. The molecule has 0 unspecified atom stereocenters. The van der Waals surface area contributed by atoms with Crippen LogP contribution in [0.1, 0.15) is 0 Å². The monoisotopic (exact) mass is 361 g/mol. The highest BCUT2D eigenvalue weighted by atomic mass is 32.3. The Morgan fingerprint density at radius 3 is 2.05 bits per heavy atom. The van der Waals surface area contributed by atoms with Gasteiger partial charge in [0.25, 0.3) is 10.1 Å². The normalized spacial score (nSPS) is 13.2. The fourth-order valence-corrected chi connectivity index (χ4v) is 4.21. The van der Waals surface area contributed by atoms with Crippen molar-refractivity contribution in [3.63, 3.8) is 0 Å². The lowest BCUT2D eigenvalue weighted by Gasteiger charge is -2.09. The van der Waals surface area contributed by atoms with Crippen LogP contribution in [0.2, 0.25) is 0 Å². The lowest BCUT2D eigenvalue weighted by Crippen LogP contribution is -2.18. The third-order valence-corrected chi connectivity index (χ3v) is 5.38. The first-order valence-electron chi connectivity index (χ1n) is 5.04. The van der Waals surface area contributed by atoms with Crippen LogP contribution in [-0.4, -0.2) is 46.7 Å². The van der Waals surface area contributed by atoms with Gasteiger partial charge in [0.05, 0.1) is 17.3 Å². The maximum atomic E-state index is 11.9. The quantitative estimate of drug-likeness (QED) is 0.425. The summed E-state index contributed by atoms with van der Waals surface area (Å²) in [6, 6.07) is 2.68. The highest BCUT2D eigenvalue weighted by Gasteiger charge is 2.26. The molecule has 120 valence electrons. The van der Waals surface area contributed by atoms with E-state index in [9.17, 15) is 25.3 Å². The van der Waals surface area contributed by atoms with Crippen molar-refractivity contribution in [2.45, 2.75) is 9.79 Å². The summed E-state index contributed by atoms with van der Waals surface area (Å²) in [4.78, 5) is -1.70. The van der Waals surface area contributed by atoms with Crippen LogP contribution in [0, 0.1) is 0 Å². The number of hydrogen-bond donors (Lipinski definition) is 3. The van der Waals surface area contributed by atoms with Gasteiger partial charge in [0.2, 0.25) is 0 Å². The van der Waals surface area contributed by atoms with E-state index in [2.05, 4.69) is 4.18 Å². The van der Waals surface area contributed by atoms with E-state index in [1.165, 1.54) is 0 Å². The molecule has 0 aromatic heterocycles. The average Bonchev–Trinajstić information content (AvgIpc) is 2.25. The lowest BCUT2D eigenvalue weighted by molar-refractivity contribution is 0.284. The van der Waals surface area contributed by atoms with Crippen LogP contribution in [0.3, 0.4) is 0 Å². The van der Waals surface area contributed by atoms with Gasteiger partial charge < -0.3 is 5.73 Å². The van der Waals surface area contributed by atoms with Crippen LogP contribution < -0.4 is 5.73 Å². The summed E-state index contributed by atoms with van der Waals surface area (Å²) in [7, 11) is -14.0. The lowest BCUT2D eigenvalue weighted by atomic mass is 10.3. The summed E-state index contributed by atoms with van der Waals surface area (Å²) in [6.07, 6.45) is 0. The van der Waals surface area contributed by atoms with Crippen molar-refractivity contribution in [1.29, 1.82) is 0 Å². The Kier molecular flexibility index (Phi) is 4.97. The minimum absolute atomic E-state index is 0.101. The minimum Gasteiger partial charge on any atom is -0.399 e. The highest BCUT2D eigenvalue weighted by molar-refractivity contribution is 7.92. The fraction of sp³-hybridized carbons (Fsp3) is 0.250. The van der Waals surface area contributed by atoms with Crippen molar-refractivity contribution in [2.24, 2.45) is 0 Å². The smallest absolute Gasteiger partial charge is 0.397 e. The topological polar surface area (TPSA) is 178 Å². The number of anilines is 1. The van der Waals surface area contributed by atoms with E-state index in [1.54, 1.807) is 0 Å². The van der Waals surface area contributed by atoms with Crippen LogP contribution >= 0.6 is 0 Å². The molecule has 0 saturated carbocycles. The molecule has 10 nitrogen and oxygen atoms in total. The molecular weight excluding hydrogens is 350 g/mol. The van der Waals surface area contributed by atoms with Gasteiger partial charge in [-0.15, -0.1) is 0 Å². The highest BCUT2D eigenvalue weighted by Crippen LogP contribution is 2.24. The van der Waals surface area contributed by atoms with Gasteiger partial charge in [-0.1, -0.05) is 0 Å². The number of hydrogen-bond acceptors (Lipinski definition) is 8. The Morgan fingerprint density at radius 1 is 1.00 bits per heavy atom. The molecule has 13 heteroatoms. The van der Waals surface area contributed by atoms with Gasteiger partial charge in [0.1, 0.15) is 4.90 Å². The van der Waals surface area contributed by atoms with Gasteiger partial charge in [0.15, 0.2) is 9.84 Å². The molecule has 0 fully saturated rings. The Hall–Kier alpha value is -1.25. The van der Waals surface area contributed by atoms with E-state index < -0.39 is 52.5 Å². The second-order valence-electron chi connectivity index (χ2n) is 3.75. The second-order valence-corrected chi connectivity index (χ2v) is 8.31. The van der Waals surface area contributed by atoms with Gasteiger partial charge in [0, 0.05) is 5.69 Å². The SMILES string of the molecule is Nc1ccc(S(=O)(=O)CCOS(=O)(=O)O)c(S(=O)(=O)O)c1. The summed E-state index contributed by atoms with van der Waals surface area (Å²) < 4.78 is 87.9. The first-order chi connectivity index (χ1) is 9.33. The summed E-state index contributed by atoms with van der Waals surface area (Å²) in [5.41, 5.74) is 5.22. The minimum atomic E-state index is -4.86. The predicted octanol–water partition coefficient (Wildman–Crippen LogP) is -0.891. The number of sulfone groups is 1. The van der Waals surface area contributed by atoms with Gasteiger partial charge in [-0.2, -0.15) is 16.8 Å². The molecule has 0 radical (unpaired) electrons. The van der Waals surface area contributed by atoms with Crippen LogP contribution in [0.15, 0.2) is 28.0 Å². The van der Waals surface area contributed by atoms with Crippen molar-refractivity contribution in [2.75, 3.05) is 18.1 Å². The maximum Gasteiger partial charge on any atom is 0.397 e. The van der Waals surface area contributed by atoms with E-state index in [1.807, 2.05) is 0 Å². The third kappa shape index (κ3) is 5.22. The van der Waals surface area contributed by atoms with Crippen LogP contribution in [0.25, 0.3) is 0 Å². The average molecular weight is 361 g/mol. The maximum absolute atomic E-state index is 11.9. The van der Waals surface area contributed by atoms with Gasteiger partial charge in [-0.05, 0) is 18.2 Å². The molecule has 0 atom stereocenters. The fourth-order valence-electron chi connectivity index (χ4n) is 1.34. The number of nitrogens with two attached hydrogens (primary N) is 1. The molecule has 1 aromatic carbocycles. The Morgan fingerprint density at radius 2 is 1.57 bits per heavy atom. The van der Waals surface area contributed by atoms with E-state index in [-0.39, 0.29) is 5.69 Å². The summed E-state index contributed by atoms with van der Waals surface area (Å²) in [5, 5.41) is 0. The molecule has 0 aliphatic rings. The molecule has 0 heterocycles. The molecule has 0 spiro atoms. The van der Waals surface area contributed by atoms with E-state index >= 15 is 0 Å². The Bertz CT molecular complexity index is 839. The third-order valence-electron chi connectivity index (χ3n) is 2.17. The van der Waals surface area contributed by atoms with E-state index in [0.717, 1.165) is 18.2 Å². The molecule has 0 aliphatic heterocycles. The van der Waals surface area contributed by atoms with Gasteiger partial charge in [-0.3, -0.25) is 9.11 Å². The van der Waals surface area contributed by atoms with Gasteiger partial charge >= 0.3 is 10.4 Å². The second kappa shape index (κ2) is 5.86. The predicted molar refractivity (Wildman–Crippen MR) is 70.2 cm³/mol. The van der Waals surface area contributed by atoms with Crippen LogP contribution in [0.4, 0.5) is 5.69 Å². The zero-order valence-electron chi connectivity index (χ0n) is 10.2. The molecule has 1 aromatic rings. The molecule has 1 rings (SSSR count). The molecule has 21 heavy (non-hydrogen) atoms. The van der Waals surface area contributed by atoms with Crippen LogP contribution in [-0.2, 0) is 34.5 Å². The van der Waals surface area contributed by atoms with Crippen molar-refractivity contribution < 1.29 is 38.5 Å². The first-order valence-corrected chi connectivity index (χ1v) is 9.50. The van der Waals surface area contributed by atoms with E-state index in [0.29, 0.717) is 0 Å². The zero-order chi connectivity index (χ0) is 16.5. The number of benzene rings is 1. The molecular formula is C8H11NO9S3. The van der Waals surface area contributed by atoms with E-state index in [4.69, 9.17) is 14.8 Å². The summed E-state index contributed by atoms with van der Waals surface area (Å²) in [6.45, 7) is -0.934. The summed E-state index contributed by atoms with van der Waals surface area (Å²) >= 11 is 0. The number of nitrogen functional groups attached to an aromatic ring is 1. The van der Waals surface area contributed by atoms with Crippen LogP contribution in [0.5, 0.6) is 0 Å².